The molecule has 3 aliphatic heterocycles. The van der Waals surface area contributed by atoms with Crippen LogP contribution in [-0.2, 0) is 4.74 Å². The predicted octanol–water partition coefficient (Wildman–Crippen LogP) is 1.82. The van der Waals surface area contributed by atoms with Crippen molar-refractivity contribution in [2.24, 2.45) is 0 Å². The van der Waals surface area contributed by atoms with Crippen molar-refractivity contribution in [3.8, 4) is 5.75 Å². The van der Waals surface area contributed by atoms with Gasteiger partial charge in [0.2, 0.25) is 0 Å². The normalized spacial score (nSPS) is 25.7. The second-order valence-electron chi connectivity index (χ2n) is 7.92. The van der Waals surface area contributed by atoms with Crippen LogP contribution in [0.5, 0.6) is 5.75 Å². The third-order valence-electron chi connectivity index (χ3n) is 5.82. The minimum absolute atomic E-state index is 0.198. The molecule has 1 atom stereocenters. The molecule has 0 bridgehead atoms. The second kappa shape index (κ2) is 7.20. The van der Waals surface area contributed by atoms with E-state index < -0.39 is 6.36 Å². The molecule has 154 valence electrons. The van der Waals surface area contributed by atoms with E-state index in [2.05, 4.69) is 21.6 Å². The SMILES string of the molecule is CN1CCN(C2COC3(C2)CN(C(=O)c2ccc(OC(F)(F)F)cc2)C3)CC1. The summed E-state index contributed by atoms with van der Waals surface area (Å²) in [5, 5.41) is 0. The summed E-state index contributed by atoms with van der Waals surface area (Å²) >= 11 is 0. The minimum Gasteiger partial charge on any atom is -0.406 e. The van der Waals surface area contributed by atoms with Gasteiger partial charge in [-0.1, -0.05) is 0 Å². The molecule has 28 heavy (non-hydrogen) atoms. The molecule has 4 rings (SSSR count). The van der Waals surface area contributed by atoms with Crippen molar-refractivity contribution < 1.29 is 27.4 Å². The third kappa shape index (κ3) is 4.11. The van der Waals surface area contributed by atoms with E-state index in [-0.39, 0.29) is 17.3 Å². The summed E-state index contributed by atoms with van der Waals surface area (Å²) in [6, 6.07) is 5.43. The number of likely N-dealkylation sites (tertiary alicyclic amines) is 1. The van der Waals surface area contributed by atoms with Gasteiger partial charge >= 0.3 is 6.36 Å². The van der Waals surface area contributed by atoms with Gasteiger partial charge in [-0.3, -0.25) is 9.69 Å². The van der Waals surface area contributed by atoms with Crippen LogP contribution in [0.2, 0.25) is 0 Å². The highest BCUT2D eigenvalue weighted by Gasteiger charge is 2.52. The Morgan fingerprint density at radius 3 is 2.39 bits per heavy atom. The molecule has 0 aliphatic carbocycles. The molecule has 0 N–H and O–H groups in total. The first-order chi connectivity index (χ1) is 13.2. The highest BCUT2D eigenvalue weighted by molar-refractivity contribution is 5.95. The molecule has 1 unspecified atom stereocenters. The van der Waals surface area contributed by atoms with Crippen LogP contribution in [0.15, 0.2) is 24.3 Å². The molecule has 3 saturated heterocycles. The molecule has 0 radical (unpaired) electrons. The molecule has 1 aromatic rings. The fourth-order valence-corrected chi connectivity index (χ4v) is 4.24. The molecular formula is C19H24F3N3O3. The second-order valence-corrected chi connectivity index (χ2v) is 7.92. The van der Waals surface area contributed by atoms with Crippen LogP contribution in [0.25, 0.3) is 0 Å². The number of piperazine rings is 1. The van der Waals surface area contributed by atoms with Crippen LogP contribution in [0.4, 0.5) is 13.2 Å². The number of hydrogen-bond acceptors (Lipinski definition) is 5. The maximum atomic E-state index is 12.6. The largest absolute Gasteiger partial charge is 0.573 e. The van der Waals surface area contributed by atoms with Crippen LogP contribution in [0, 0.1) is 0 Å². The van der Waals surface area contributed by atoms with Crippen LogP contribution >= 0.6 is 0 Å². The van der Waals surface area contributed by atoms with Crippen LogP contribution in [0.1, 0.15) is 16.8 Å². The zero-order chi connectivity index (χ0) is 19.9. The molecule has 6 nitrogen and oxygen atoms in total. The van der Waals surface area contributed by atoms with Crippen molar-refractivity contribution in [2.45, 2.75) is 24.4 Å². The summed E-state index contributed by atoms with van der Waals surface area (Å²) in [5.74, 6) is -0.533. The van der Waals surface area contributed by atoms with Crippen molar-refractivity contribution in [1.29, 1.82) is 0 Å². The average molecular weight is 399 g/mol. The van der Waals surface area contributed by atoms with E-state index in [1.807, 2.05) is 0 Å². The zero-order valence-electron chi connectivity index (χ0n) is 15.7. The maximum Gasteiger partial charge on any atom is 0.573 e. The number of nitrogens with zero attached hydrogens (tertiary/aromatic N) is 3. The number of amides is 1. The van der Waals surface area contributed by atoms with Gasteiger partial charge in [-0.25, -0.2) is 0 Å². The van der Waals surface area contributed by atoms with Crippen molar-refractivity contribution in [3.63, 3.8) is 0 Å². The minimum atomic E-state index is -4.74. The molecule has 3 heterocycles. The molecule has 3 aliphatic rings. The predicted molar refractivity (Wildman–Crippen MR) is 95.2 cm³/mol. The van der Waals surface area contributed by atoms with E-state index in [4.69, 9.17) is 4.74 Å². The summed E-state index contributed by atoms with van der Waals surface area (Å²) in [5.41, 5.74) is 0.0706. The average Bonchev–Trinajstić information content (AvgIpc) is 3.05. The topological polar surface area (TPSA) is 45.2 Å². The first-order valence-corrected chi connectivity index (χ1v) is 9.45. The van der Waals surface area contributed by atoms with Gasteiger partial charge in [-0.2, -0.15) is 0 Å². The maximum absolute atomic E-state index is 12.6. The van der Waals surface area contributed by atoms with E-state index in [1.54, 1.807) is 4.90 Å². The molecular weight excluding hydrogens is 375 g/mol. The summed E-state index contributed by atoms with van der Waals surface area (Å²) in [7, 11) is 2.13. The number of carbonyl (C=O) groups is 1. The van der Waals surface area contributed by atoms with Gasteiger partial charge in [-0.15, -0.1) is 13.2 Å². The number of likely N-dealkylation sites (N-methyl/N-ethyl adjacent to an activating group) is 1. The van der Waals surface area contributed by atoms with Gasteiger partial charge in [0.15, 0.2) is 0 Å². The van der Waals surface area contributed by atoms with Gasteiger partial charge in [-0.05, 0) is 37.7 Å². The van der Waals surface area contributed by atoms with Crippen molar-refractivity contribution in [2.75, 3.05) is 52.9 Å². The number of hydrogen-bond donors (Lipinski definition) is 0. The zero-order valence-corrected chi connectivity index (χ0v) is 15.7. The molecule has 1 amide bonds. The van der Waals surface area contributed by atoms with Gasteiger partial charge in [0.1, 0.15) is 11.4 Å². The van der Waals surface area contributed by atoms with E-state index in [0.29, 0.717) is 31.3 Å². The Morgan fingerprint density at radius 2 is 1.79 bits per heavy atom. The fourth-order valence-electron chi connectivity index (χ4n) is 4.24. The van der Waals surface area contributed by atoms with Gasteiger partial charge in [0.25, 0.3) is 5.91 Å². The molecule has 1 aromatic carbocycles. The van der Waals surface area contributed by atoms with Crippen LogP contribution < -0.4 is 4.74 Å². The smallest absolute Gasteiger partial charge is 0.406 e. The lowest BCUT2D eigenvalue weighted by Gasteiger charge is -2.47. The lowest BCUT2D eigenvalue weighted by atomic mass is 9.88. The van der Waals surface area contributed by atoms with E-state index >= 15 is 0 Å². The van der Waals surface area contributed by atoms with Gasteiger partial charge in [0, 0.05) is 37.8 Å². The highest BCUT2D eigenvalue weighted by atomic mass is 19.4. The summed E-state index contributed by atoms with van der Waals surface area (Å²) in [6.45, 7) is 5.93. The molecule has 1 spiro atoms. The number of ether oxygens (including phenoxy) is 2. The van der Waals surface area contributed by atoms with E-state index in [1.165, 1.54) is 12.1 Å². The number of rotatable bonds is 3. The number of carbonyl (C=O) groups excluding carboxylic acids is 1. The monoisotopic (exact) mass is 399 g/mol. The molecule has 0 saturated carbocycles. The first-order valence-electron chi connectivity index (χ1n) is 9.45. The summed E-state index contributed by atoms with van der Waals surface area (Å²) in [6.07, 6.45) is -3.83. The van der Waals surface area contributed by atoms with Crippen molar-refractivity contribution >= 4 is 5.91 Å². The first kappa shape index (κ1) is 19.5. The Kier molecular flexibility index (Phi) is 5.01. The quantitative estimate of drug-likeness (QED) is 0.776. The number of halogens is 3. The highest BCUT2D eigenvalue weighted by Crippen LogP contribution is 2.38. The Morgan fingerprint density at radius 1 is 1.14 bits per heavy atom. The van der Waals surface area contributed by atoms with Gasteiger partial charge < -0.3 is 19.3 Å². The van der Waals surface area contributed by atoms with E-state index in [0.717, 1.165) is 44.7 Å². The van der Waals surface area contributed by atoms with Crippen LogP contribution in [0.3, 0.4) is 0 Å². The van der Waals surface area contributed by atoms with Crippen molar-refractivity contribution in [1.82, 2.24) is 14.7 Å². The standard InChI is InChI=1S/C19H24F3N3O3/c1-23-6-8-24(9-7-23)15-10-18(27-11-15)12-25(13-18)17(26)14-2-4-16(5-3-14)28-19(20,21)22/h2-5,15H,6-13H2,1H3. The Balaban J connectivity index is 1.29. The Bertz CT molecular complexity index is 711. The van der Waals surface area contributed by atoms with Crippen LogP contribution in [-0.4, -0.2) is 91.5 Å². The Hall–Kier alpha value is -1.84. The third-order valence-corrected chi connectivity index (χ3v) is 5.82. The lowest BCUT2D eigenvalue weighted by molar-refractivity contribution is -0.274. The van der Waals surface area contributed by atoms with Crippen molar-refractivity contribution in [3.05, 3.63) is 29.8 Å². The molecule has 9 heteroatoms. The lowest BCUT2D eigenvalue weighted by Crippen LogP contribution is -2.63. The molecule has 3 fully saturated rings. The fraction of sp³-hybridized carbons (Fsp3) is 0.632. The summed E-state index contributed by atoms with van der Waals surface area (Å²) in [4.78, 5) is 19.0. The van der Waals surface area contributed by atoms with Gasteiger partial charge in [0.05, 0.1) is 19.7 Å². The number of benzene rings is 1. The summed E-state index contributed by atoms with van der Waals surface area (Å²) < 4.78 is 46.6. The Labute approximate surface area is 161 Å². The van der Waals surface area contributed by atoms with E-state index in [9.17, 15) is 18.0 Å². The number of alkyl halides is 3. The molecule has 0 aromatic heterocycles.